The van der Waals surface area contributed by atoms with E-state index in [0.29, 0.717) is 23.1 Å². The third-order valence-electron chi connectivity index (χ3n) is 5.46. The Morgan fingerprint density at radius 3 is 1.94 bits per heavy atom. The van der Waals surface area contributed by atoms with E-state index in [2.05, 4.69) is 9.97 Å². The summed E-state index contributed by atoms with van der Waals surface area (Å²) < 4.78 is 10.9. The third kappa shape index (κ3) is 5.94. The molecule has 4 heterocycles. The monoisotopic (exact) mass is 522 g/mol. The Bertz CT molecular complexity index is 1110. The highest BCUT2D eigenvalue weighted by atomic mass is 35.5. The molecule has 0 saturated heterocycles. The van der Waals surface area contributed by atoms with Crippen LogP contribution >= 0.6 is 12.4 Å². The van der Waals surface area contributed by atoms with Crippen LogP contribution in [0.2, 0.25) is 0 Å². The zero-order valence-electron chi connectivity index (χ0n) is 20.7. The predicted octanol–water partition coefficient (Wildman–Crippen LogP) is 1.77. The minimum Gasteiger partial charge on any atom is -0.488 e. The zero-order valence-corrected chi connectivity index (χ0v) is 21.6. The summed E-state index contributed by atoms with van der Waals surface area (Å²) in [4.78, 5) is 47.8. The molecule has 2 aliphatic heterocycles. The number of nitrogens with two attached hydrogens (primary N) is 1. The lowest BCUT2D eigenvalue weighted by Crippen LogP contribution is -2.58. The fourth-order valence-corrected chi connectivity index (χ4v) is 3.74. The van der Waals surface area contributed by atoms with E-state index in [9.17, 15) is 19.5 Å². The van der Waals surface area contributed by atoms with Crippen LogP contribution in [-0.2, 0) is 9.59 Å². The molecule has 0 bridgehead atoms. The Kier molecular flexibility index (Phi) is 9.05. The van der Waals surface area contributed by atoms with Crippen molar-refractivity contribution in [1.82, 2.24) is 14.9 Å². The van der Waals surface area contributed by atoms with Crippen LogP contribution in [0.4, 0.5) is 16.4 Å². The van der Waals surface area contributed by atoms with Gasteiger partial charge in [-0.05, 0) is 45.0 Å². The third-order valence-corrected chi connectivity index (χ3v) is 5.46. The van der Waals surface area contributed by atoms with Crippen LogP contribution in [0.1, 0.15) is 20.8 Å². The Morgan fingerprint density at radius 2 is 1.47 bits per heavy atom. The molecule has 2 aromatic rings. The molecule has 0 saturated carbocycles. The molecular formula is C23H31ClN6O6. The molecule has 0 fully saturated rings. The van der Waals surface area contributed by atoms with Crippen LogP contribution < -0.4 is 25.0 Å². The zero-order chi connectivity index (χ0) is 25.9. The minimum atomic E-state index is -1.16. The number of ether oxygens (including phenoxy) is 2. The number of hydrogen-bond donors (Lipinski definition) is 2. The second kappa shape index (κ2) is 11.4. The van der Waals surface area contributed by atoms with Gasteiger partial charge >= 0.3 is 6.09 Å². The summed E-state index contributed by atoms with van der Waals surface area (Å²) in [6.07, 6.45) is 2.02. The van der Waals surface area contributed by atoms with Crippen molar-refractivity contribution < 1.29 is 29.0 Å². The first kappa shape index (κ1) is 28.6. The molecule has 196 valence electrons. The van der Waals surface area contributed by atoms with Gasteiger partial charge in [-0.2, -0.15) is 0 Å². The Hall–Kier alpha value is -3.64. The number of carboxylic acid groups (broad SMARTS) is 1. The quantitative estimate of drug-likeness (QED) is 0.570. The highest BCUT2D eigenvalue weighted by molar-refractivity contribution is 5.99. The number of amides is 3. The first-order chi connectivity index (χ1) is 16.4. The van der Waals surface area contributed by atoms with E-state index in [1.165, 1.54) is 9.80 Å². The highest BCUT2D eigenvalue weighted by Gasteiger charge is 2.41. The maximum absolute atomic E-state index is 12.6. The molecule has 2 aliphatic rings. The SMILES string of the molecule is CN1C(=O)[C@@H](N(C(=O)O)C(C)(C)C)COc2cccnc21.CN1C(=O)[C@@H](N)COc2cccnc21.Cl. The number of pyridine rings is 2. The number of anilines is 2. The van der Waals surface area contributed by atoms with Gasteiger partial charge in [-0.3, -0.25) is 24.3 Å². The number of rotatable bonds is 1. The largest absolute Gasteiger partial charge is 0.488 e. The van der Waals surface area contributed by atoms with Gasteiger partial charge in [-0.1, -0.05) is 0 Å². The predicted molar refractivity (Wildman–Crippen MR) is 135 cm³/mol. The molecule has 2 aromatic heterocycles. The molecule has 3 N–H and O–H groups in total. The van der Waals surface area contributed by atoms with Crippen molar-refractivity contribution in [2.24, 2.45) is 5.73 Å². The van der Waals surface area contributed by atoms with Crippen LogP contribution in [0.3, 0.4) is 0 Å². The maximum Gasteiger partial charge on any atom is 0.408 e. The number of carbonyl (C=O) groups is 3. The lowest BCUT2D eigenvalue weighted by molar-refractivity contribution is -0.125. The number of nitrogens with zero attached hydrogens (tertiary/aromatic N) is 5. The van der Waals surface area contributed by atoms with Gasteiger partial charge in [0.15, 0.2) is 23.1 Å². The van der Waals surface area contributed by atoms with Gasteiger partial charge in [0.25, 0.3) is 5.91 Å². The average Bonchev–Trinajstić information content (AvgIpc) is 3.00. The standard InChI is InChI=1S/C14H19N3O4.C9H11N3O2.ClH/c1-14(2,3)17(13(19)20)9-8-21-10-6-5-7-15-11(10)16(4)12(9)18;1-12-8-7(3-2-4-11-8)14-5-6(10)9(12)13;/h5-7,9H,8H2,1-4H3,(H,19,20);2-4,6H,5,10H2,1H3;1H/t9-;6-;/m00./s1. The number of halogens is 1. The molecule has 3 amide bonds. The second-order valence-corrected chi connectivity index (χ2v) is 9.01. The fraction of sp³-hybridized carbons (Fsp3) is 0.435. The molecular weight excluding hydrogens is 492 g/mol. The summed E-state index contributed by atoms with van der Waals surface area (Å²) in [5, 5.41) is 9.46. The lowest BCUT2D eigenvalue weighted by Gasteiger charge is -2.38. The first-order valence-electron chi connectivity index (χ1n) is 10.9. The van der Waals surface area contributed by atoms with Crippen LogP contribution in [-0.4, -0.2) is 82.8 Å². The number of carbonyl (C=O) groups excluding carboxylic acids is 2. The Labute approximate surface area is 215 Å². The summed E-state index contributed by atoms with van der Waals surface area (Å²) >= 11 is 0. The molecule has 0 spiro atoms. The van der Waals surface area contributed by atoms with E-state index in [4.69, 9.17) is 15.2 Å². The summed E-state index contributed by atoms with van der Waals surface area (Å²) in [5.74, 6) is 1.44. The van der Waals surface area contributed by atoms with Crippen molar-refractivity contribution >= 4 is 42.0 Å². The summed E-state index contributed by atoms with van der Waals surface area (Å²) in [6.45, 7) is 5.38. The number of aromatic nitrogens is 2. The van der Waals surface area contributed by atoms with Gasteiger partial charge in [-0.15, -0.1) is 12.4 Å². The number of fused-ring (bicyclic) bond motifs is 2. The normalized spacial score (nSPS) is 19.1. The van der Waals surface area contributed by atoms with Crippen molar-refractivity contribution in [2.75, 3.05) is 37.1 Å². The second-order valence-electron chi connectivity index (χ2n) is 9.01. The van der Waals surface area contributed by atoms with Gasteiger partial charge in [0.05, 0.1) is 0 Å². The number of hydrogen-bond acceptors (Lipinski definition) is 8. The van der Waals surface area contributed by atoms with E-state index < -0.39 is 23.7 Å². The van der Waals surface area contributed by atoms with E-state index >= 15 is 0 Å². The highest BCUT2D eigenvalue weighted by Crippen LogP contribution is 2.30. The van der Waals surface area contributed by atoms with Gasteiger partial charge in [0, 0.05) is 32.0 Å². The van der Waals surface area contributed by atoms with Crippen LogP contribution in [0.25, 0.3) is 0 Å². The minimum absolute atomic E-state index is 0. The van der Waals surface area contributed by atoms with E-state index in [-0.39, 0.29) is 37.4 Å². The molecule has 13 heteroatoms. The van der Waals surface area contributed by atoms with Gasteiger partial charge in [0.2, 0.25) is 5.91 Å². The van der Waals surface area contributed by atoms with E-state index in [1.54, 1.807) is 71.5 Å². The van der Waals surface area contributed by atoms with Gasteiger partial charge < -0.3 is 20.3 Å². The smallest absolute Gasteiger partial charge is 0.408 e. The van der Waals surface area contributed by atoms with Crippen molar-refractivity contribution in [3.8, 4) is 11.5 Å². The molecule has 0 radical (unpaired) electrons. The topological polar surface area (TPSA) is 151 Å². The van der Waals surface area contributed by atoms with Crippen molar-refractivity contribution in [1.29, 1.82) is 0 Å². The summed E-state index contributed by atoms with van der Waals surface area (Å²) in [7, 11) is 3.21. The van der Waals surface area contributed by atoms with Crippen LogP contribution in [0, 0.1) is 0 Å². The molecule has 0 aromatic carbocycles. The fourth-order valence-electron chi connectivity index (χ4n) is 3.74. The van der Waals surface area contributed by atoms with E-state index in [0.717, 1.165) is 4.90 Å². The van der Waals surface area contributed by atoms with Crippen molar-refractivity contribution in [3.05, 3.63) is 36.7 Å². The first-order valence-corrected chi connectivity index (χ1v) is 10.9. The molecule has 36 heavy (non-hydrogen) atoms. The van der Waals surface area contributed by atoms with Crippen molar-refractivity contribution in [3.63, 3.8) is 0 Å². The van der Waals surface area contributed by atoms with Crippen molar-refractivity contribution in [2.45, 2.75) is 38.4 Å². The molecule has 12 nitrogen and oxygen atoms in total. The molecule has 0 unspecified atom stereocenters. The molecule has 4 rings (SSSR count). The maximum atomic E-state index is 12.6. The summed E-state index contributed by atoms with van der Waals surface area (Å²) in [6, 6.07) is 5.40. The molecule has 0 aliphatic carbocycles. The molecule has 2 atom stereocenters. The Balaban J connectivity index is 0.000000265. The average molecular weight is 523 g/mol. The van der Waals surface area contributed by atoms with E-state index in [1.807, 2.05) is 0 Å². The number of likely N-dealkylation sites (N-methyl/N-ethyl adjacent to an activating group) is 2. The summed E-state index contributed by atoms with van der Waals surface area (Å²) in [5.41, 5.74) is 4.88. The van der Waals surface area contributed by atoms with Gasteiger partial charge in [0.1, 0.15) is 25.3 Å². The van der Waals surface area contributed by atoms with Gasteiger partial charge in [-0.25, -0.2) is 14.8 Å². The van der Waals surface area contributed by atoms with Crippen LogP contribution in [0.15, 0.2) is 36.7 Å². The lowest BCUT2D eigenvalue weighted by atomic mass is 10.0. The Morgan fingerprint density at radius 1 is 1.00 bits per heavy atom. The van der Waals surface area contributed by atoms with Crippen LogP contribution in [0.5, 0.6) is 11.5 Å².